The number of hydrogen-bond donors (Lipinski definition) is 1. The lowest BCUT2D eigenvalue weighted by Crippen LogP contribution is -2.25. The smallest absolute Gasteiger partial charge is 0.266 e. The van der Waals surface area contributed by atoms with Gasteiger partial charge in [-0.1, -0.05) is 0 Å². The van der Waals surface area contributed by atoms with Crippen molar-refractivity contribution in [1.82, 2.24) is 14.9 Å². The second kappa shape index (κ2) is 5.18. The summed E-state index contributed by atoms with van der Waals surface area (Å²) in [5.74, 6) is -0.0986. The van der Waals surface area contributed by atoms with Gasteiger partial charge >= 0.3 is 0 Å². The Hall–Kier alpha value is -1.99. The molecule has 3 aromatic rings. The monoisotopic (exact) mass is 304 g/mol. The van der Waals surface area contributed by atoms with Crippen molar-refractivity contribution in [2.24, 2.45) is 0 Å². The van der Waals surface area contributed by atoms with Crippen molar-refractivity contribution in [3.8, 4) is 0 Å². The fraction of sp³-hybridized carbons (Fsp3) is 0.154. The molecule has 0 saturated carbocycles. The normalized spacial score (nSPS) is 10.8. The Morgan fingerprint density at radius 3 is 2.90 bits per heavy atom. The van der Waals surface area contributed by atoms with Crippen molar-refractivity contribution >= 4 is 44.6 Å². The Morgan fingerprint density at radius 1 is 1.40 bits per heavy atom. The molecule has 0 aliphatic heterocycles. The molecule has 0 aromatic carbocycles. The van der Waals surface area contributed by atoms with Crippen LogP contribution in [0.25, 0.3) is 10.3 Å². The minimum atomic E-state index is -0.0986. The molecule has 7 heteroatoms. The van der Waals surface area contributed by atoms with Crippen LogP contribution in [0.2, 0.25) is 0 Å². The summed E-state index contributed by atoms with van der Waals surface area (Å²) >= 11 is 2.90. The van der Waals surface area contributed by atoms with Crippen LogP contribution in [-0.4, -0.2) is 27.8 Å². The fourth-order valence-electron chi connectivity index (χ4n) is 1.90. The van der Waals surface area contributed by atoms with E-state index < -0.39 is 0 Å². The van der Waals surface area contributed by atoms with E-state index in [1.165, 1.54) is 11.3 Å². The van der Waals surface area contributed by atoms with Gasteiger partial charge in [0.25, 0.3) is 5.91 Å². The van der Waals surface area contributed by atoms with Gasteiger partial charge in [-0.15, -0.1) is 11.3 Å². The molecule has 0 radical (unpaired) electrons. The highest BCUT2D eigenvalue weighted by atomic mass is 32.1. The van der Waals surface area contributed by atoms with Gasteiger partial charge in [-0.05, 0) is 22.4 Å². The van der Waals surface area contributed by atoms with Crippen LogP contribution in [0.1, 0.15) is 15.2 Å². The van der Waals surface area contributed by atoms with Crippen LogP contribution in [0.5, 0.6) is 0 Å². The van der Waals surface area contributed by atoms with Crippen LogP contribution < -0.4 is 5.73 Å². The third-order valence-electron chi connectivity index (χ3n) is 2.90. The standard InChI is InChI=1S/C13H12N4OS2/c1-17(6-8-2-5-19-7-8)13(18)11-9(14)10-12(20-11)16-4-3-15-10/h2-5,7H,6,14H2,1H3. The number of carbonyl (C=O) groups is 1. The number of nitrogen functional groups attached to an aromatic ring is 1. The third kappa shape index (κ3) is 2.25. The third-order valence-corrected chi connectivity index (χ3v) is 4.73. The minimum Gasteiger partial charge on any atom is -0.396 e. The maximum absolute atomic E-state index is 12.5. The topological polar surface area (TPSA) is 72.1 Å². The molecular weight excluding hydrogens is 292 g/mol. The molecule has 0 atom stereocenters. The van der Waals surface area contributed by atoms with E-state index >= 15 is 0 Å². The van der Waals surface area contributed by atoms with Crippen LogP contribution in [0.3, 0.4) is 0 Å². The SMILES string of the molecule is CN(Cc1ccsc1)C(=O)c1sc2nccnc2c1N. The highest BCUT2D eigenvalue weighted by Gasteiger charge is 2.21. The Morgan fingerprint density at radius 2 is 2.20 bits per heavy atom. The van der Waals surface area contributed by atoms with Crippen molar-refractivity contribution in [3.63, 3.8) is 0 Å². The molecule has 0 fully saturated rings. The first kappa shape index (κ1) is 13.0. The van der Waals surface area contributed by atoms with E-state index in [0.29, 0.717) is 27.5 Å². The number of anilines is 1. The maximum atomic E-state index is 12.5. The molecule has 0 unspecified atom stereocenters. The summed E-state index contributed by atoms with van der Waals surface area (Å²) < 4.78 is 0. The van der Waals surface area contributed by atoms with E-state index in [2.05, 4.69) is 9.97 Å². The number of amides is 1. The number of nitrogens with two attached hydrogens (primary N) is 1. The van der Waals surface area contributed by atoms with Gasteiger partial charge < -0.3 is 10.6 Å². The van der Waals surface area contributed by atoms with Gasteiger partial charge in [0.15, 0.2) is 0 Å². The molecule has 102 valence electrons. The van der Waals surface area contributed by atoms with E-state index in [1.54, 1.807) is 35.7 Å². The van der Waals surface area contributed by atoms with Crippen molar-refractivity contribution < 1.29 is 4.79 Å². The summed E-state index contributed by atoms with van der Waals surface area (Å²) in [5, 5.41) is 4.02. The Labute approximate surface area is 123 Å². The van der Waals surface area contributed by atoms with Crippen molar-refractivity contribution in [2.75, 3.05) is 12.8 Å². The van der Waals surface area contributed by atoms with Crippen LogP contribution >= 0.6 is 22.7 Å². The lowest BCUT2D eigenvalue weighted by molar-refractivity contribution is 0.0791. The largest absolute Gasteiger partial charge is 0.396 e. The van der Waals surface area contributed by atoms with Gasteiger partial charge in [-0.2, -0.15) is 11.3 Å². The summed E-state index contributed by atoms with van der Waals surface area (Å²) in [6.07, 6.45) is 3.18. The van der Waals surface area contributed by atoms with Gasteiger partial charge in [0.1, 0.15) is 15.2 Å². The molecule has 0 spiro atoms. The number of rotatable bonds is 3. The summed E-state index contributed by atoms with van der Waals surface area (Å²) in [7, 11) is 1.77. The van der Waals surface area contributed by atoms with E-state index in [-0.39, 0.29) is 5.91 Å². The molecule has 0 aliphatic carbocycles. The molecule has 0 aliphatic rings. The molecule has 3 aromatic heterocycles. The zero-order chi connectivity index (χ0) is 14.1. The van der Waals surface area contributed by atoms with Crippen LogP contribution in [0.15, 0.2) is 29.2 Å². The van der Waals surface area contributed by atoms with Crippen LogP contribution in [-0.2, 0) is 6.54 Å². The summed E-state index contributed by atoms with van der Waals surface area (Å²) in [5.41, 5.74) is 8.14. The van der Waals surface area contributed by atoms with Gasteiger partial charge in [-0.25, -0.2) is 9.97 Å². The van der Waals surface area contributed by atoms with Crippen molar-refractivity contribution in [1.29, 1.82) is 0 Å². The Kier molecular flexibility index (Phi) is 3.37. The average Bonchev–Trinajstić information content (AvgIpc) is 3.07. The second-order valence-electron chi connectivity index (χ2n) is 4.35. The van der Waals surface area contributed by atoms with E-state index in [4.69, 9.17) is 5.73 Å². The zero-order valence-electron chi connectivity index (χ0n) is 10.7. The summed E-state index contributed by atoms with van der Waals surface area (Å²) in [4.78, 5) is 23.7. The van der Waals surface area contributed by atoms with Gasteiger partial charge in [0.2, 0.25) is 0 Å². The quantitative estimate of drug-likeness (QED) is 0.807. The number of thiophene rings is 2. The number of hydrogen-bond acceptors (Lipinski definition) is 6. The zero-order valence-corrected chi connectivity index (χ0v) is 12.4. The fourth-order valence-corrected chi connectivity index (χ4v) is 3.58. The van der Waals surface area contributed by atoms with E-state index in [9.17, 15) is 4.79 Å². The lowest BCUT2D eigenvalue weighted by atomic mass is 10.3. The summed E-state index contributed by atoms with van der Waals surface area (Å²) in [6.45, 7) is 0.566. The number of nitrogens with zero attached hydrogens (tertiary/aromatic N) is 3. The Bertz CT molecular complexity index is 751. The number of aromatic nitrogens is 2. The first-order valence-corrected chi connectivity index (χ1v) is 7.68. The van der Waals surface area contributed by atoms with E-state index in [1.807, 2.05) is 16.8 Å². The second-order valence-corrected chi connectivity index (χ2v) is 6.13. The minimum absolute atomic E-state index is 0.0986. The molecule has 2 N–H and O–H groups in total. The van der Waals surface area contributed by atoms with Gasteiger partial charge in [0, 0.05) is 26.0 Å². The number of carbonyl (C=O) groups excluding carboxylic acids is 1. The average molecular weight is 304 g/mol. The highest BCUT2D eigenvalue weighted by Crippen LogP contribution is 2.31. The van der Waals surface area contributed by atoms with Gasteiger partial charge in [0.05, 0.1) is 5.69 Å². The van der Waals surface area contributed by atoms with Gasteiger partial charge in [-0.3, -0.25) is 4.79 Å². The molecule has 3 rings (SSSR count). The first-order chi connectivity index (χ1) is 9.66. The molecular formula is C13H12N4OS2. The molecule has 20 heavy (non-hydrogen) atoms. The van der Waals surface area contributed by atoms with Crippen molar-refractivity contribution in [2.45, 2.75) is 6.54 Å². The van der Waals surface area contributed by atoms with Crippen LogP contribution in [0, 0.1) is 0 Å². The highest BCUT2D eigenvalue weighted by molar-refractivity contribution is 7.21. The molecule has 1 amide bonds. The lowest BCUT2D eigenvalue weighted by Gasteiger charge is -2.15. The van der Waals surface area contributed by atoms with Crippen LogP contribution in [0.4, 0.5) is 5.69 Å². The predicted molar refractivity (Wildman–Crippen MR) is 81.9 cm³/mol. The maximum Gasteiger partial charge on any atom is 0.266 e. The predicted octanol–water partition coefficient (Wildman–Crippen LogP) is 2.61. The Balaban J connectivity index is 1.90. The molecule has 0 saturated heterocycles. The van der Waals surface area contributed by atoms with E-state index in [0.717, 1.165) is 5.56 Å². The first-order valence-electron chi connectivity index (χ1n) is 5.92. The summed E-state index contributed by atoms with van der Waals surface area (Å²) in [6, 6.07) is 2.01. The molecule has 5 nitrogen and oxygen atoms in total. The van der Waals surface area contributed by atoms with Crippen molar-refractivity contribution in [3.05, 3.63) is 39.7 Å². The molecule has 3 heterocycles. The number of fused-ring (bicyclic) bond motifs is 1. The molecule has 0 bridgehead atoms.